The van der Waals surface area contributed by atoms with Gasteiger partial charge in [0.05, 0.1) is 24.7 Å². The lowest BCUT2D eigenvalue weighted by molar-refractivity contribution is -0.147. The number of halogens is 2. The first-order valence-corrected chi connectivity index (χ1v) is 20.2. The fourth-order valence-corrected chi connectivity index (χ4v) is 8.41. The van der Waals surface area contributed by atoms with E-state index in [1.54, 1.807) is 7.11 Å². The lowest BCUT2D eigenvalue weighted by Gasteiger charge is -2.49. The van der Waals surface area contributed by atoms with Crippen LogP contribution in [-0.2, 0) is 29.8 Å². The summed E-state index contributed by atoms with van der Waals surface area (Å²) in [6.45, 7) is 5.32. The molecule has 0 bridgehead atoms. The first-order valence-electron chi connectivity index (χ1n) is 19.4. The summed E-state index contributed by atoms with van der Waals surface area (Å²) in [6.07, 6.45) is 19.5. The molecule has 0 aliphatic carbocycles. The SMILES string of the molecule is CCCCCCCCCCCCCCCC(c1ccc(Cl)cc1)(c1ccc(Cl)cc1)N1Cc2ncn(Cc3ccc(OC)c(C)c3)c2C[C@H]1C(=O)O. The first-order chi connectivity index (χ1) is 25.3. The van der Waals surface area contributed by atoms with E-state index in [1.165, 1.54) is 70.6 Å². The number of aromatic nitrogens is 2. The van der Waals surface area contributed by atoms with Gasteiger partial charge in [-0.1, -0.05) is 150 Å². The number of hydrogen-bond acceptors (Lipinski definition) is 4. The monoisotopic (exact) mass is 745 g/mol. The Hall–Kier alpha value is -3.32. The number of imidazole rings is 1. The second-order valence-corrected chi connectivity index (χ2v) is 15.5. The van der Waals surface area contributed by atoms with Gasteiger partial charge in [-0.2, -0.15) is 0 Å². The van der Waals surface area contributed by atoms with Crippen molar-refractivity contribution in [3.63, 3.8) is 0 Å². The van der Waals surface area contributed by atoms with Crippen LogP contribution in [0.25, 0.3) is 0 Å². The predicted octanol–water partition coefficient (Wildman–Crippen LogP) is 11.8. The van der Waals surface area contributed by atoms with Crippen molar-refractivity contribution in [2.45, 2.75) is 135 Å². The van der Waals surface area contributed by atoms with Crippen molar-refractivity contribution in [1.82, 2.24) is 14.5 Å². The van der Waals surface area contributed by atoms with Gasteiger partial charge >= 0.3 is 5.97 Å². The van der Waals surface area contributed by atoms with Gasteiger partial charge in [-0.15, -0.1) is 0 Å². The molecule has 1 aliphatic rings. The quantitative estimate of drug-likeness (QED) is 0.0860. The van der Waals surface area contributed by atoms with Gasteiger partial charge < -0.3 is 14.4 Å². The molecule has 3 aromatic carbocycles. The highest BCUT2D eigenvalue weighted by Gasteiger charge is 2.48. The van der Waals surface area contributed by atoms with Gasteiger partial charge in [0.2, 0.25) is 0 Å². The molecule has 5 rings (SSSR count). The third-order valence-electron chi connectivity index (χ3n) is 11.0. The lowest BCUT2D eigenvalue weighted by atomic mass is 9.75. The van der Waals surface area contributed by atoms with Crippen LogP contribution < -0.4 is 4.74 Å². The molecule has 0 unspecified atom stereocenters. The zero-order valence-electron chi connectivity index (χ0n) is 31.4. The van der Waals surface area contributed by atoms with E-state index in [-0.39, 0.29) is 0 Å². The lowest BCUT2D eigenvalue weighted by Crippen LogP contribution is -2.57. The minimum absolute atomic E-state index is 0.349. The zero-order chi connectivity index (χ0) is 36.9. The Bertz CT molecular complexity index is 1660. The van der Waals surface area contributed by atoms with Crippen molar-refractivity contribution >= 4 is 29.2 Å². The number of fused-ring (bicyclic) bond motifs is 1. The van der Waals surface area contributed by atoms with E-state index in [1.807, 2.05) is 43.6 Å². The number of aliphatic carboxylic acids is 1. The Morgan fingerprint density at radius 1 is 0.827 bits per heavy atom. The van der Waals surface area contributed by atoms with Crippen molar-refractivity contribution < 1.29 is 14.6 Å². The smallest absolute Gasteiger partial charge is 0.321 e. The number of aryl methyl sites for hydroxylation is 1. The minimum Gasteiger partial charge on any atom is -0.496 e. The maximum absolute atomic E-state index is 13.4. The molecule has 1 N–H and O–H groups in total. The fourth-order valence-electron chi connectivity index (χ4n) is 8.16. The molecule has 0 saturated heterocycles. The number of benzene rings is 3. The molecule has 0 amide bonds. The molecule has 1 aromatic heterocycles. The summed E-state index contributed by atoms with van der Waals surface area (Å²) in [5, 5.41) is 12.3. The fraction of sp³-hybridized carbons (Fsp3) is 0.500. The standard InChI is InChI=1S/C44H57Cl2N3O3/c1-4-5-6-7-8-9-10-11-12-13-14-15-16-27-44(35-18-22-37(45)23-19-35,36-20-24-38(46)25-21-36)49-31-39-40(29-41(49)43(50)51)48(32-47-39)30-34-17-26-42(52-3)33(2)28-34/h17-26,28,32,41H,4-16,27,29-31H2,1-3H3,(H,50,51)/t41-/m0/s1. The molecular formula is C44H57Cl2N3O3. The van der Waals surface area contributed by atoms with Gasteiger partial charge in [0.15, 0.2) is 0 Å². The minimum atomic E-state index is -0.837. The second kappa shape index (κ2) is 19.7. The third-order valence-corrected chi connectivity index (χ3v) is 11.5. The van der Waals surface area contributed by atoms with Crippen molar-refractivity contribution in [2.24, 2.45) is 0 Å². The highest BCUT2D eigenvalue weighted by molar-refractivity contribution is 6.30. The third kappa shape index (κ3) is 10.0. The van der Waals surface area contributed by atoms with Crippen LogP contribution in [0, 0.1) is 6.92 Å². The van der Waals surface area contributed by atoms with E-state index in [9.17, 15) is 9.90 Å². The Balaban J connectivity index is 1.38. The maximum Gasteiger partial charge on any atom is 0.321 e. The molecule has 0 radical (unpaired) electrons. The average Bonchev–Trinajstić information content (AvgIpc) is 3.53. The van der Waals surface area contributed by atoms with Gasteiger partial charge in [-0.05, 0) is 65.9 Å². The topological polar surface area (TPSA) is 67.6 Å². The number of methoxy groups -OCH3 is 1. The predicted molar refractivity (Wildman–Crippen MR) is 214 cm³/mol. The number of rotatable bonds is 21. The normalized spacial score (nSPS) is 14.8. The Morgan fingerprint density at radius 3 is 1.87 bits per heavy atom. The van der Waals surface area contributed by atoms with Crippen LogP contribution in [0.5, 0.6) is 5.75 Å². The molecule has 0 saturated carbocycles. The number of carboxylic acid groups (broad SMARTS) is 1. The number of carbonyl (C=O) groups is 1. The molecule has 8 heteroatoms. The number of nitrogens with zero attached hydrogens (tertiary/aromatic N) is 3. The molecule has 4 aromatic rings. The van der Waals surface area contributed by atoms with E-state index >= 15 is 0 Å². The van der Waals surface area contributed by atoms with E-state index < -0.39 is 17.6 Å². The zero-order valence-corrected chi connectivity index (χ0v) is 32.9. The summed E-state index contributed by atoms with van der Waals surface area (Å²) in [5.41, 5.74) is 5.39. The van der Waals surface area contributed by atoms with Crippen molar-refractivity contribution in [3.8, 4) is 5.75 Å². The molecule has 6 nitrogen and oxygen atoms in total. The van der Waals surface area contributed by atoms with Gasteiger partial charge in [0, 0.05) is 35.2 Å². The summed E-state index contributed by atoms with van der Waals surface area (Å²) in [5.74, 6) is 0.0126. The van der Waals surface area contributed by atoms with E-state index in [0.29, 0.717) is 29.6 Å². The van der Waals surface area contributed by atoms with Gasteiger partial charge in [0.1, 0.15) is 11.8 Å². The summed E-state index contributed by atoms with van der Waals surface area (Å²) < 4.78 is 7.58. The van der Waals surface area contributed by atoms with E-state index in [0.717, 1.165) is 58.7 Å². The highest BCUT2D eigenvalue weighted by Crippen LogP contribution is 2.46. The number of ether oxygens (including phenoxy) is 1. The Morgan fingerprint density at radius 2 is 1.37 bits per heavy atom. The van der Waals surface area contributed by atoms with Crippen LogP contribution in [0.2, 0.25) is 10.0 Å². The van der Waals surface area contributed by atoms with Crippen LogP contribution >= 0.6 is 23.2 Å². The Kier molecular flexibility index (Phi) is 15.1. The molecule has 0 fully saturated rings. The molecule has 52 heavy (non-hydrogen) atoms. The summed E-state index contributed by atoms with van der Waals surface area (Å²) in [6, 6.07) is 21.3. The number of hydrogen-bond donors (Lipinski definition) is 1. The molecular weight excluding hydrogens is 689 g/mol. The molecule has 2 heterocycles. The Labute approximate surface area is 321 Å². The van der Waals surface area contributed by atoms with Crippen molar-refractivity contribution in [2.75, 3.05) is 7.11 Å². The summed E-state index contributed by atoms with van der Waals surface area (Å²) in [7, 11) is 1.68. The first kappa shape index (κ1) is 39.9. The van der Waals surface area contributed by atoms with E-state index in [2.05, 4.69) is 52.8 Å². The number of unbranched alkanes of at least 4 members (excludes halogenated alkanes) is 12. The summed E-state index contributed by atoms with van der Waals surface area (Å²) >= 11 is 12.9. The highest BCUT2D eigenvalue weighted by atomic mass is 35.5. The van der Waals surface area contributed by atoms with Gasteiger partial charge in [-0.25, -0.2) is 4.98 Å². The van der Waals surface area contributed by atoms with E-state index in [4.69, 9.17) is 32.9 Å². The van der Waals surface area contributed by atoms with Crippen LogP contribution in [0.1, 0.15) is 130 Å². The molecule has 1 atom stereocenters. The van der Waals surface area contributed by atoms with Gasteiger partial charge in [-0.3, -0.25) is 9.69 Å². The largest absolute Gasteiger partial charge is 0.496 e. The second-order valence-electron chi connectivity index (χ2n) is 14.6. The van der Waals surface area contributed by atoms with Crippen LogP contribution in [-0.4, -0.2) is 38.7 Å². The van der Waals surface area contributed by atoms with Crippen LogP contribution in [0.4, 0.5) is 0 Å². The molecule has 280 valence electrons. The molecule has 0 spiro atoms. The average molecular weight is 747 g/mol. The van der Waals surface area contributed by atoms with Crippen LogP contribution in [0.3, 0.4) is 0 Å². The van der Waals surface area contributed by atoms with Crippen molar-refractivity contribution in [1.29, 1.82) is 0 Å². The van der Waals surface area contributed by atoms with Crippen LogP contribution in [0.15, 0.2) is 73.1 Å². The molecule has 1 aliphatic heterocycles. The summed E-state index contributed by atoms with van der Waals surface area (Å²) in [4.78, 5) is 20.5. The van der Waals surface area contributed by atoms with Crippen molar-refractivity contribution in [3.05, 3.63) is 117 Å². The number of carboxylic acids is 1. The maximum atomic E-state index is 13.4. The van der Waals surface area contributed by atoms with Gasteiger partial charge in [0.25, 0.3) is 0 Å².